The van der Waals surface area contributed by atoms with Crippen LogP contribution in [-0.2, 0) is 11.3 Å². The van der Waals surface area contributed by atoms with Gasteiger partial charge in [0.15, 0.2) is 17.5 Å². The lowest BCUT2D eigenvalue weighted by Gasteiger charge is -2.16. The SMILES string of the molecule is CCNC(=NCc1ccc(OC)c(OC)c1OC)NCCNC(=O)C1CC1. The molecule has 1 aliphatic carbocycles. The van der Waals surface area contributed by atoms with Crippen molar-refractivity contribution < 1.29 is 19.0 Å². The van der Waals surface area contributed by atoms with E-state index in [2.05, 4.69) is 20.9 Å². The van der Waals surface area contributed by atoms with Crippen LogP contribution in [0.25, 0.3) is 0 Å². The third-order valence-corrected chi connectivity index (χ3v) is 4.20. The second-order valence-electron chi connectivity index (χ2n) is 6.18. The van der Waals surface area contributed by atoms with E-state index in [-0.39, 0.29) is 11.8 Å². The van der Waals surface area contributed by atoms with E-state index < -0.39 is 0 Å². The maximum atomic E-state index is 11.6. The van der Waals surface area contributed by atoms with Crippen LogP contribution in [0.15, 0.2) is 17.1 Å². The van der Waals surface area contributed by atoms with Gasteiger partial charge in [-0.25, -0.2) is 4.99 Å². The number of methoxy groups -OCH3 is 3. The number of hydrogen-bond donors (Lipinski definition) is 3. The average molecular weight is 378 g/mol. The highest BCUT2D eigenvalue weighted by Gasteiger charge is 2.28. The van der Waals surface area contributed by atoms with Crippen LogP contribution in [0, 0.1) is 5.92 Å². The third-order valence-electron chi connectivity index (χ3n) is 4.20. The smallest absolute Gasteiger partial charge is 0.223 e. The molecule has 0 aliphatic heterocycles. The second-order valence-corrected chi connectivity index (χ2v) is 6.18. The van der Waals surface area contributed by atoms with Gasteiger partial charge in [-0.05, 0) is 31.9 Å². The Morgan fingerprint density at radius 3 is 2.33 bits per heavy atom. The number of nitrogens with one attached hydrogen (secondary N) is 3. The fourth-order valence-electron chi connectivity index (χ4n) is 2.65. The summed E-state index contributed by atoms with van der Waals surface area (Å²) in [6.45, 7) is 4.33. The molecule has 1 fully saturated rings. The molecule has 0 bridgehead atoms. The van der Waals surface area contributed by atoms with Gasteiger partial charge in [0, 0.05) is 31.1 Å². The van der Waals surface area contributed by atoms with E-state index in [0.29, 0.717) is 42.8 Å². The Bertz CT molecular complexity index is 659. The van der Waals surface area contributed by atoms with E-state index in [1.165, 1.54) is 0 Å². The van der Waals surface area contributed by atoms with Crippen molar-refractivity contribution in [1.29, 1.82) is 0 Å². The Kier molecular flexibility index (Phi) is 8.03. The summed E-state index contributed by atoms with van der Waals surface area (Å²) in [4.78, 5) is 16.2. The van der Waals surface area contributed by atoms with Gasteiger partial charge in [0.25, 0.3) is 0 Å². The molecule has 0 saturated heterocycles. The molecule has 0 heterocycles. The molecule has 0 unspecified atom stereocenters. The van der Waals surface area contributed by atoms with Crippen molar-refractivity contribution in [3.05, 3.63) is 17.7 Å². The van der Waals surface area contributed by atoms with E-state index in [9.17, 15) is 4.79 Å². The highest BCUT2D eigenvalue weighted by atomic mass is 16.5. The fourth-order valence-corrected chi connectivity index (χ4v) is 2.65. The van der Waals surface area contributed by atoms with Crippen molar-refractivity contribution in [2.75, 3.05) is 41.0 Å². The van der Waals surface area contributed by atoms with E-state index in [0.717, 1.165) is 24.9 Å². The van der Waals surface area contributed by atoms with Crippen molar-refractivity contribution in [2.45, 2.75) is 26.3 Å². The number of benzene rings is 1. The first-order valence-corrected chi connectivity index (χ1v) is 9.22. The minimum atomic E-state index is 0.147. The number of nitrogens with zero attached hydrogens (tertiary/aromatic N) is 1. The monoisotopic (exact) mass is 378 g/mol. The Balaban J connectivity index is 1.97. The summed E-state index contributed by atoms with van der Waals surface area (Å²) in [6, 6.07) is 3.74. The van der Waals surface area contributed by atoms with Crippen LogP contribution in [0.2, 0.25) is 0 Å². The maximum absolute atomic E-state index is 11.6. The molecular formula is C19H30N4O4. The summed E-state index contributed by atoms with van der Waals surface area (Å²) in [5.41, 5.74) is 0.884. The summed E-state index contributed by atoms with van der Waals surface area (Å²) < 4.78 is 16.2. The van der Waals surface area contributed by atoms with Crippen LogP contribution < -0.4 is 30.2 Å². The molecule has 1 saturated carbocycles. The van der Waals surface area contributed by atoms with Gasteiger partial charge in [0.05, 0.1) is 27.9 Å². The summed E-state index contributed by atoms with van der Waals surface area (Å²) in [5, 5.41) is 9.34. The van der Waals surface area contributed by atoms with E-state index in [1.807, 2.05) is 19.1 Å². The molecule has 2 rings (SSSR count). The van der Waals surface area contributed by atoms with Crippen LogP contribution >= 0.6 is 0 Å². The zero-order valence-electron chi connectivity index (χ0n) is 16.6. The molecule has 0 radical (unpaired) electrons. The maximum Gasteiger partial charge on any atom is 0.223 e. The number of ether oxygens (including phenoxy) is 3. The molecule has 8 heteroatoms. The molecule has 0 aromatic heterocycles. The zero-order chi connectivity index (χ0) is 19.6. The lowest BCUT2D eigenvalue weighted by atomic mass is 10.1. The normalized spacial score (nSPS) is 13.7. The van der Waals surface area contributed by atoms with Crippen molar-refractivity contribution in [1.82, 2.24) is 16.0 Å². The van der Waals surface area contributed by atoms with Crippen molar-refractivity contribution >= 4 is 11.9 Å². The van der Waals surface area contributed by atoms with Gasteiger partial charge in [-0.15, -0.1) is 0 Å². The van der Waals surface area contributed by atoms with Gasteiger partial charge in [0.1, 0.15) is 0 Å². The van der Waals surface area contributed by atoms with Crippen LogP contribution in [0.1, 0.15) is 25.3 Å². The van der Waals surface area contributed by atoms with Crippen LogP contribution in [0.5, 0.6) is 17.2 Å². The molecule has 150 valence electrons. The summed E-state index contributed by atoms with van der Waals surface area (Å²) in [5.74, 6) is 2.81. The largest absolute Gasteiger partial charge is 0.493 e. The highest BCUT2D eigenvalue weighted by Crippen LogP contribution is 2.39. The van der Waals surface area contributed by atoms with Gasteiger partial charge < -0.3 is 30.2 Å². The Hall–Kier alpha value is -2.64. The Labute approximate surface area is 160 Å². The standard InChI is InChI=1S/C19H30N4O4/c1-5-20-19(22-11-10-21-18(24)13-6-7-13)23-12-14-8-9-15(25-2)17(27-4)16(14)26-3/h8-9,13H,5-7,10-12H2,1-4H3,(H,21,24)(H2,20,22,23). The van der Waals surface area contributed by atoms with E-state index in [4.69, 9.17) is 14.2 Å². The molecular weight excluding hydrogens is 348 g/mol. The van der Waals surface area contributed by atoms with Gasteiger partial charge in [0.2, 0.25) is 11.7 Å². The van der Waals surface area contributed by atoms with Gasteiger partial charge in [-0.1, -0.05) is 0 Å². The lowest BCUT2D eigenvalue weighted by molar-refractivity contribution is -0.122. The average Bonchev–Trinajstić information content (AvgIpc) is 3.53. The highest BCUT2D eigenvalue weighted by molar-refractivity contribution is 5.81. The van der Waals surface area contributed by atoms with Gasteiger partial charge in [-0.3, -0.25) is 4.79 Å². The van der Waals surface area contributed by atoms with E-state index in [1.54, 1.807) is 21.3 Å². The zero-order valence-corrected chi connectivity index (χ0v) is 16.6. The first kappa shape index (κ1) is 20.7. The van der Waals surface area contributed by atoms with Gasteiger partial charge >= 0.3 is 0 Å². The minimum Gasteiger partial charge on any atom is -0.493 e. The first-order valence-electron chi connectivity index (χ1n) is 9.22. The molecule has 8 nitrogen and oxygen atoms in total. The summed E-state index contributed by atoms with van der Waals surface area (Å²) in [7, 11) is 4.76. The van der Waals surface area contributed by atoms with Crippen molar-refractivity contribution in [2.24, 2.45) is 10.9 Å². The lowest BCUT2D eigenvalue weighted by Crippen LogP contribution is -2.41. The summed E-state index contributed by atoms with van der Waals surface area (Å²) >= 11 is 0. The molecule has 3 N–H and O–H groups in total. The molecule has 27 heavy (non-hydrogen) atoms. The number of aliphatic imine (C=N–C) groups is 1. The molecule has 1 amide bonds. The quantitative estimate of drug-likeness (QED) is 0.323. The Morgan fingerprint density at radius 1 is 1.04 bits per heavy atom. The molecule has 0 spiro atoms. The minimum absolute atomic E-state index is 0.147. The number of hydrogen-bond acceptors (Lipinski definition) is 5. The third kappa shape index (κ3) is 5.94. The predicted molar refractivity (Wildman–Crippen MR) is 105 cm³/mol. The number of guanidine groups is 1. The van der Waals surface area contributed by atoms with E-state index >= 15 is 0 Å². The molecule has 1 aromatic rings. The van der Waals surface area contributed by atoms with Gasteiger partial charge in [-0.2, -0.15) is 0 Å². The van der Waals surface area contributed by atoms with Crippen LogP contribution in [-0.4, -0.2) is 52.8 Å². The van der Waals surface area contributed by atoms with Crippen molar-refractivity contribution in [3.63, 3.8) is 0 Å². The summed E-state index contributed by atoms with van der Waals surface area (Å²) in [6.07, 6.45) is 2.02. The number of rotatable bonds is 10. The van der Waals surface area contributed by atoms with Crippen LogP contribution in [0.4, 0.5) is 0 Å². The molecule has 1 aromatic carbocycles. The van der Waals surface area contributed by atoms with Crippen LogP contribution in [0.3, 0.4) is 0 Å². The number of amides is 1. The second kappa shape index (κ2) is 10.5. The number of carbonyl (C=O) groups excluding carboxylic acids is 1. The predicted octanol–water partition coefficient (Wildman–Crippen LogP) is 1.29. The topological polar surface area (TPSA) is 93.2 Å². The molecule has 0 atom stereocenters. The van der Waals surface area contributed by atoms with Crippen molar-refractivity contribution in [3.8, 4) is 17.2 Å². The Morgan fingerprint density at radius 2 is 1.74 bits per heavy atom. The number of carbonyl (C=O) groups is 1. The molecule has 1 aliphatic rings. The first-order chi connectivity index (χ1) is 13.1. The fraction of sp³-hybridized carbons (Fsp3) is 0.579.